The first-order valence-corrected chi connectivity index (χ1v) is 5.65. The van der Waals surface area contributed by atoms with E-state index in [9.17, 15) is 8.76 Å². The van der Waals surface area contributed by atoms with Gasteiger partial charge in [-0.15, -0.1) is 5.10 Å². The van der Waals surface area contributed by atoms with Crippen LogP contribution in [-0.4, -0.2) is 18.3 Å². The zero-order valence-corrected chi connectivity index (χ0v) is 8.55. The minimum absolute atomic E-state index is 0.275. The molecule has 0 saturated carbocycles. The molecular weight excluding hydrogens is 220 g/mol. The summed E-state index contributed by atoms with van der Waals surface area (Å²) < 4.78 is 24.9. The van der Waals surface area contributed by atoms with Crippen LogP contribution in [0.1, 0.15) is 0 Å². The molecule has 1 unspecified atom stereocenters. The summed E-state index contributed by atoms with van der Waals surface area (Å²) in [6, 6.07) is 6.50. The Morgan fingerprint density at radius 2 is 2.00 bits per heavy atom. The van der Waals surface area contributed by atoms with Gasteiger partial charge in [0.05, 0.1) is 0 Å². The van der Waals surface area contributed by atoms with Gasteiger partial charge in [-0.05, 0) is 34.7 Å². The normalized spacial score (nSPS) is 12.6. The Kier molecular flexibility index (Phi) is 2.67. The second kappa shape index (κ2) is 3.95. The number of hydrogen-bond donors (Lipinski definition) is 0. The van der Waals surface area contributed by atoms with Gasteiger partial charge in [-0.2, -0.15) is 0 Å². The fourth-order valence-electron chi connectivity index (χ4n) is 1.03. The zero-order valence-electron chi connectivity index (χ0n) is 6.91. The van der Waals surface area contributed by atoms with Crippen molar-refractivity contribution < 1.29 is 8.76 Å². The summed E-state index contributed by atoms with van der Waals surface area (Å²) >= 11 is -0.905. The summed E-state index contributed by atoms with van der Waals surface area (Å²) in [4.78, 5) is 0.275. The highest BCUT2D eigenvalue weighted by atomic mass is 32.2. The molecular formula is C8H5N2O2S2-. The SMILES string of the molecule is O=S([O-])c1ccc(-c2csnn2)cc1. The van der Waals surface area contributed by atoms with Gasteiger partial charge in [-0.1, -0.05) is 16.6 Å². The Morgan fingerprint density at radius 3 is 2.50 bits per heavy atom. The molecule has 1 aromatic heterocycles. The second-order valence-electron chi connectivity index (χ2n) is 2.55. The molecule has 6 heteroatoms. The van der Waals surface area contributed by atoms with Crippen LogP contribution < -0.4 is 0 Å². The Bertz CT molecular complexity index is 439. The van der Waals surface area contributed by atoms with Gasteiger partial charge in [0.15, 0.2) is 0 Å². The first kappa shape index (κ1) is 9.45. The molecule has 72 valence electrons. The molecule has 0 bridgehead atoms. The maximum absolute atomic E-state index is 10.6. The zero-order chi connectivity index (χ0) is 9.97. The van der Waals surface area contributed by atoms with Gasteiger partial charge in [0.1, 0.15) is 5.69 Å². The molecule has 1 aromatic carbocycles. The average Bonchev–Trinajstić information content (AvgIpc) is 2.71. The highest BCUT2D eigenvalue weighted by Crippen LogP contribution is 2.18. The van der Waals surface area contributed by atoms with Crippen LogP contribution in [0.5, 0.6) is 0 Å². The summed E-state index contributed by atoms with van der Waals surface area (Å²) in [5, 5.41) is 5.68. The summed E-state index contributed by atoms with van der Waals surface area (Å²) in [5.74, 6) is 0. The van der Waals surface area contributed by atoms with Crippen molar-refractivity contribution in [3.63, 3.8) is 0 Å². The summed E-state index contributed by atoms with van der Waals surface area (Å²) in [7, 11) is 0. The highest BCUT2D eigenvalue weighted by molar-refractivity contribution is 7.79. The van der Waals surface area contributed by atoms with E-state index in [1.165, 1.54) is 23.7 Å². The molecule has 14 heavy (non-hydrogen) atoms. The topological polar surface area (TPSA) is 65.9 Å². The molecule has 0 saturated heterocycles. The lowest BCUT2D eigenvalue weighted by Gasteiger charge is -2.04. The maximum Gasteiger partial charge on any atom is 0.105 e. The monoisotopic (exact) mass is 225 g/mol. The van der Waals surface area contributed by atoms with Crippen molar-refractivity contribution in [3.05, 3.63) is 29.6 Å². The molecule has 2 aromatic rings. The standard InChI is InChI=1S/C8H6N2O2S2/c11-14(12)7-3-1-6(2-4-7)8-5-13-10-9-8/h1-5H,(H,11,12)/p-1. The lowest BCUT2D eigenvalue weighted by Crippen LogP contribution is -1.88. The van der Waals surface area contributed by atoms with E-state index in [2.05, 4.69) is 9.59 Å². The van der Waals surface area contributed by atoms with E-state index in [0.717, 1.165) is 11.3 Å². The molecule has 0 N–H and O–H groups in total. The van der Waals surface area contributed by atoms with Crippen LogP contribution in [0.3, 0.4) is 0 Å². The van der Waals surface area contributed by atoms with E-state index in [-0.39, 0.29) is 4.90 Å². The molecule has 0 fully saturated rings. The van der Waals surface area contributed by atoms with Gasteiger partial charge in [-0.25, -0.2) is 0 Å². The third kappa shape index (κ3) is 1.87. The van der Waals surface area contributed by atoms with E-state index in [1.807, 2.05) is 5.38 Å². The van der Waals surface area contributed by atoms with Gasteiger partial charge in [-0.3, -0.25) is 4.21 Å². The molecule has 2 rings (SSSR count). The number of nitrogens with zero attached hydrogens (tertiary/aromatic N) is 2. The predicted molar refractivity (Wildman–Crippen MR) is 52.5 cm³/mol. The van der Waals surface area contributed by atoms with Crippen molar-refractivity contribution in [1.29, 1.82) is 0 Å². The van der Waals surface area contributed by atoms with Gasteiger partial charge in [0, 0.05) is 15.8 Å². The molecule has 4 nitrogen and oxygen atoms in total. The minimum Gasteiger partial charge on any atom is -0.768 e. The fraction of sp³-hybridized carbons (Fsp3) is 0. The van der Waals surface area contributed by atoms with E-state index < -0.39 is 11.1 Å². The third-order valence-corrected chi connectivity index (χ3v) is 2.86. The van der Waals surface area contributed by atoms with Gasteiger partial charge >= 0.3 is 0 Å². The second-order valence-corrected chi connectivity index (χ2v) is 4.10. The van der Waals surface area contributed by atoms with E-state index in [1.54, 1.807) is 12.1 Å². The highest BCUT2D eigenvalue weighted by Gasteiger charge is 2.00. The number of hydrogen-bond acceptors (Lipinski definition) is 5. The van der Waals surface area contributed by atoms with E-state index >= 15 is 0 Å². The molecule has 0 radical (unpaired) electrons. The van der Waals surface area contributed by atoms with Crippen LogP contribution in [0.2, 0.25) is 0 Å². The van der Waals surface area contributed by atoms with Crippen molar-refractivity contribution in [2.45, 2.75) is 4.90 Å². The molecule has 0 aliphatic rings. The molecule has 0 amide bonds. The number of aromatic nitrogens is 2. The van der Waals surface area contributed by atoms with Crippen LogP contribution in [0, 0.1) is 0 Å². The van der Waals surface area contributed by atoms with Crippen molar-refractivity contribution >= 4 is 22.6 Å². The lowest BCUT2D eigenvalue weighted by molar-refractivity contribution is 0.537. The van der Waals surface area contributed by atoms with Crippen LogP contribution in [-0.2, 0) is 11.1 Å². The van der Waals surface area contributed by atoms with Crippen LogP contribution in [0.15, 0.2) is 34.5 Å². The Hall–Kier alpha value is -1.11. The van der Waals surface area contributed by atoms with Crippen molar-refractivity contribution in [2.75, 3.05) is 0 Å². The smallest absolute Gasteiger partial charge is 0.105 e. The first-order chi connectivity index (χ1) is 6.77. The van der Waals surface area contributed by atoms with Gasteiger partial charge in [0.2, 0.25) is 0 Å². The average molecular weight is 225 g/mol. The molecule has 0 spiro atoms. The number of rotatable bonds is 2. The number of benzene rings is 1. The van der Waals surface area contributed by atoms with E-state index in [4.69, 9.17) is 0 Å². The molecule has 1 atom stereocenters. The van der Waals surface area contributed by atoms with Crippen molar-refractivity contribution in [3.8, 4) is 11.3 Å². The third-order valence-electron chi connectivity index (χ3n) is 1.70. The van der Waals surface area contributed by atoms with Gasteiger partial charge < -0.3 is 4.55 Å². The van der Waals surface area contributed by atoms with Crippen LogP contribution in [0.25, 0.3) is 11.3 Å². The Morgan fingerprint density at radius 1 is 1.29 bits per heavy atom. The molecule has 0 aliphatic carbocycles. The minimum atomic E-state index is -2.17. The molecule has 1 heterocycles. The lowest BCUT2D eigenvalue weighted by atomic mass is 10.2. The Balaban J connectivity index is 2.36. The Labute approximate surface area is 87.1 Å². The van der Waals surface area contributed by atoms with Crippen LogP contribution >= 0.6 is 11.5 Å². The summed E-state index contributed by atoms with van der Waals surface area (Å²) in [6.45, 7) is 0. The quantitative estimate of drug-likeness (QED) is 0.725. The predicted octanol–water partition coefficient (Wildman–Crippen LogP) is 1.44. The van der Waals surface area contributed by atoms with Crippen LogP contribution in [0.4, 0.5) is 0 Å². The summed E-state index contributed by atoms with van der Waals surface area (Å²) in [6.07, 6.45) is 0. The van der Waals surface area contributed by atoms with Crippen molar-refractivity contribution in [2.24, 2.45) is 0 Å². The van der Waals surface area contributed by atoms with Crippen molar-refractivity contribution in [1.82, 2.24) is 9.59 Å². The maximum atomic E-state index is 10.6. The van der Waals surface area contributed by atoms with Gasteiger partial charge in [0.25, 0.3) is 0 Å². The largest absolute Gasteiger partial charge is 0.768 e. The summed E-state index contributed by atoms with van der Waals surface area (Å²) in [5.41, 5.74) is 1.63. The van der Waals surface area contributed by atoms with E-state index in [0.29, 0.717) is 0 Å². The fourth-order valence-corrected chi connectivity index (χ4v) is 1.85. The molecule has 0 aliphatic heterocycles. The first-order valence-electron chi connectivity index (χ1n) is 3.74.